The number of rotatable bonds is 3. The molecule has 0 bridgehead atoms. The van der Waals surface area contributed by atoms with Crippen molar-refractivity contribution in [1.82, 2.24) is 0 Å². The van der Waals surface area contributed by atoms with Crippen molar-refractivity contribution in [2.75, 3.05) is 0 Å². The van der Waals surface area contributed by atoms with Crippen molar-refractivity contribution < 1.29 is 0 Å². The fourth-order valence-corrected chi connectivity index (χ4v) is 2.45. The summed E-state index contributed by atoms with van der Waals surface area (Å²) in [5.74, 6) is 0.772. The Morgan fingerprint density at radius 1 is 1.11 bits per heavy atom. The zero-order valence-electron chi connectivity index (χ0n) is 10.0. The van der Waals surface area contributed by atoms with Gasteiger partial charge < -0.3 is 5.73 Å². The van der Waals surface area contributed by atoms with E-state index in [0.29, 0.717) is 20.9 Å². The van der Waals surface area contributed by atoms with Gasteiger partial charge in [0.2, 0.25) is 0 Å². The lowest BCUT2D eigenvalue weighted by Crippen LogP contribution is -2.06. The minimum atomic E-state index is 0.466. The fraction of sp³-hybridized carbons (Fsp3) is 0.0714. The van der Waals surface area contributed by atoms with Crippen molar-refractivity contribution in [3.05, 3.63) is 64.1 Å². The molecule has 0 aliphatic carbocycles. The standard InChI is InChI=1S/C14H12Cl2N2S/c15-11-6-7-12(16)13(8-11)18-14(17)19-9-10-4-2-1-3-5-10/h1-8H,9H2,(H2,17,18). The Hall–Kier alpha value is -1.16. The molecule has 5 heteroatoms. The van der Waals surface area contributed by atoms with Gasteiger partial charge in [0.25, 0.3) is 0 Å². The van der Waals surface area contributed by atoms with Crippen LogP contribution in [0.15, 0.2) is 53.5 Å². The topological polar surface area (TPSA) is 38.4 Å². The van der Waals surface area contributed by atoms with Crippen molar-refractivity contribution >= 4 is 45.8 Å². The largest absolute Gasteiger partial charge is 0.378 e. The first-order chi connectivity index (χ1) is 9.15. The quantitative estimate of drug-likeness (QED) is 0.648. The number of nitrogens with zero attached hydrogens (tertiary/aromatic N) is 1. The lowest BCUT2D eigenvalue weighted by Gasteiger charge is -2.03. The minimum absolute atomic E-state index is 0.466. The summed E-state index contributed by atoms with van der Waals surface area (Å²) in [4.78, 5) is 4.28. The highest BCUT2D eigenvalue weighted by atomic mass is 35.5. The molecule has 2 nitrogen and oxygen atoms in total. The summed E-state index contributed by atoms with van der Waals surface area (Å²) in [6.07, 6.45) is 0. The van der Waals surface area contributed by atoms with Crippen molar-refractivity contribution in [3.8, 4) is 0 Å². The number of nitrogens with two attached hydrogens (primary N) is 1. The van der Waals surface area contributed by atoms with E-state index in [9.17, 15) is 0 Å². The average Bonchev–Trinajstić information content (AvgIpc) is 2.42. The Kier molecular flexibility index (Phi) is 5.14. The Bertz CT molecular complexity index is 585. The molecule has 98 valence electrons. The molecule has 0 radical (unpaired) electrons. The zero-order valence-corrected chi connectivity index (χ0v) is 12.3. The van der Waals surface area contributed by atoms with E-state index in [-0.39, 0.29) is 0 Å². The van der Waals surface area contributed by atoms with Crippen LogP contribution in [0.5, 0.6) is 0 Å². The predicted octanol–water partition coefficient (Wildman–Crippen LogP) is 4.87. The van der Waals surface area contributed by atoms with Gasteiger partial charge in [-0.25, -0.2) is 4.99 Å². The number of halogens is 2. The monoisotopic (exact) mass is 310 g/mol. The van der Waals surface area contributed by atoms with Gasteiger partial charge in [-0.2, -0.15) is 0 Å². The van der Waals surface area contributed by atoms with E-state index in [1.807, 2.05) is 30.3 Å². The first-order valence-electron chi connectivity index (χ1n) is 5.61. The molecule has 0 aliphatic heterocycles. The van der Waals surface area contributed by atoms with Gasteiger partial charge in [-0.05, 0) is 23.8 Å². The number of thioether (sulfide) groups is 1. The number of amidine groups is 1. The van der Waals surface area contributed by atoms with E-state index >= 15 is 0 Å². The highest BCUT2D eigenvalue weighted by molar-refractivity contribution is 8.13. The molecule has 0 saturated heterocycles. The Balaban J connectivity index is 2.05. The van der Waals surface area contributed by atoms with Crippen LogP contribution >= 0.6 is 35.0 Å². The number of hydrogen-bond acceptors (Lipinski definition) is 2. The first kappa shape index (κ1) is 14.3. The summed E-state index contributed by atoms with van der Waals surface area (Å²) in [7, 11) is 0. The summed E-state index contributed by atoms with van der Waals surface area (Å²) >= 11 is 13.4. The van der Waals surface area contributed by atoms with Gasteiger partial charge in [-0.1, -0.05) is 65.3 Å². The molecule has 2 aromatic rings. The van der Waals surface area contributed by atoms with Crippen molar-refractivity contribution in [3.63, 3.8) is 0 Å². The molecular weight excluding hydrogens is 299 g/mol. The van der Waals surface area contributed by atoms with Crippen molar-refractivity contribution in [1.29, 1.82) is 0 Å². The highest BCUT2D eigenvalue weighted by Gasteiger charge is 2.02. The molecule has 0 aromatic heterocycles. The molecule has 0 heterocycles. The van der Waals surface area contributed by atoms with Gasteiger partial charge in [0.1, 0.15) is 0 Å². The van der Waals surface area contributed by atoms with Crippen LogP contribution in [0, 0.1) is 0 Å². The van der Waals surface area contributed by atoms with Gasteiger partial charge in [0.15, 0.2) is 5.17 Å². The average molecular weight is 311 g/mol. The van der Waals surface area contributed by atoms with Crippen LogP contribution in [0.2, 0.25) is 10.0 Å². The van der Waals surface area contributed by atoms with Gasteiger partial charge in [0, 0.05) is 10.8 Å². The van der Waals surface area contributed by atoms with Crippen LogP contribution in [-0.4, -0.2) is 5.17 Å². The van der Waals surface area contributed by atoms with Gasteiger partial charge in [-0.15, -0.1) is 0 Å². The highest BCUT2D eigenvalue weighted by Crippen LogP contribution is 2.29. The predicted molar refractivity (Wildman–Crippen MR) is 85.5 cm³/mol. The summed E-state index contributed by atoms with van der Waals surface area (Å²) in [6.45, 7) is 0. The third-order valence-electron chi connectivity index (χ3n) is 2.37. The third kappa shape index (κ3) is 4.46. The second-order valence-corrected chi connectivity index (χ2v) is 5.66. The lowest BCUT2D eigenvalue weighted by molar-refractivity contribution is 1.42. The van der Waals surface area contributed by atoms with E-state index in [1.54, 1.807) is 18.2 Å². The first-order valence-corrected chi connectivity index (χ1v) is 7.35. The van der Waals surface area contributed by atoms with Crippen LogP contribution in [0.4, 0.5) is 5.69 Å². The van der Waals surface area contributed by atoms with Crippen molar-refractivity contribution in [2.24, 2.45) is 10.7 Å². The summed E-state index contributed by atoms with van der Waals surface area (Å²) in [6, 6.07) is 15.2. The Morgan fingerprint density at radius 2 is 1.84 bits per heavy atom. The molecule has 0 fully saturated rings. The zero-order chi connectivity index (χ0) is 13.7. The maximum atomic E-state index is 6.03. The van der Waals surface area contributed by atoms with E-state index in [1.165, 1.54) is 17.3 Å². The van der Waals surface area contributed by atoms with E-state index < -0.39 is 0 Å². The Morgan fingerprint density at radius 3 is 2.58 bits per heavy atom. The molecule has 2 N–H and O–H groups in total. The number of benzene rings is 2. The van der Waals surface area contributed by atoms with Gasteiger partial charge in [-0.3, -0.25) is 0 Å². The molecule has 2 rings (SSSR count). The third-order valence-corrected chi connectivity index (χ3v) is 3.79. The summed E-state index contributed by atoms with van der Waals surface area (Å²) in [5, 5.41) is 1.59. The van der Waals surface area contributed by atoms with Gasteiger partial charge >= 0.3 is 0 Å². The Labute approximate surface area is 126 Å². The lowest BCUT2D eigenvalue weighted by atomic mass is 10.2. The maximum absolute atomic E-state index is 6.03. The van der Waals surface area contributed by atoms with E-state index in [2.05, 4.69) is 4.99 Å². The SMILES string of the molecule is NC(=Nc1cc(Cl)ccc1Cl)SCc1ccccc1. The van der Waals surface area contributed by atoms with Crippen LogP contribution < -0.4 is 5.73 Å². The van der Waals surface area contributed by atoms with Gasteiger partial charge in [0.05, 0.1) is 10.7 Å². The molecule has 2 aromatic carbocycles. The molecule has 0 atom stereocenters. The fourth-order valence-electron chi connectivity index (χ4n) is 1.45. The van der Waals surface area contributed by atoms with Crippen LogP contribution in [-0.2, 0) is 5.75 Å². The second kappa shape index (κ2) is 6.85. The van der Waals surface area contributed by atoms with Crippen LogP contribution in [0.25, 0.3) is 0 Å². The number of hydrogen-bond donors (Lipinski definition) is 1. The number of aliphatic imine (C=N–C) groups is 1. The summed E-state index contributed by atoms with van der Waals surface area (Å²) < 4.78 is 0. The molecule has 0 saturated carbocycles. The molecule has 0 unspecified atom stereocenters. The molecule has 0 aliphatic rings. The second-order valence-electron chi connectivity index (χ2n) is 3.82. The maximum Gasteiger partial charge on any atom is 0.159 e. The summed E-state index contributed by atoms with van der Waals surface area (Å²) in [5.41, 5.74) is 7.67. The molecule has 0 amide bonds. The minimum Gasteiger partial charge on any atom is -0.378 e. The molecule has 19 heavy (non-hydrogen) atoms. The van der Waals surface area contributed by atoms with E-state index in [0.717, 1.165) is 5.75 Å². The van der Waals surface area contributed by atoms with Crippen LogP contribution in [0.3, 0.4) is 0 Å². The smallest absolute Gasteiger partial charge is 0.159 e. The molecular formula is C14H12Cl2N2S. The van der Waals surface area contributed by atoms with Crippen molar-refractivity contribution in [2.45, 2.75) is 5.75 Å². The normalized spacial score (nSPS) is 11.6. The van der Waals surface area contributed by atoms with Crippen LogP contribution in [0.1, 0.15) is 5.56 Å². The van der Waals surface area contributed by atoms with E-state index in [4.69, 9.17) is 28.9 Å². The molecule has 0 spiro atoms.